The van der Waals surface area contributed by atoms with Gasteiger partial charge in [0.2, 0.25) is 0 Å². The molecule has 1 fully saturated rings. The van der Waals surface area contributed by atoms with Crippen LogP contribution in [0.2, 0.25) is 0 Å². The van der Waals surface area contributed by atoms with Crippen LogP contribution in [0.3, 0.4) is 0 Å². The Kier molecular flexibility index (Phi) is 5.22. The van der Waals surface area contributed by atoms with Crippen molar-refractivity contribution >= 4 is 17.5 Å². The summed E-state index contributed by atoms with van der Waals surface area (Å²) in [5, 5.41) is 3.17. The summed E-state index contributed by atoms with van der Waals surface area (Å²) in [6.07, 6.45) is 2.46. The van der Waals surface area contributed by atoms with Crippen LogP contribution in [-0.4, -0.2) is 24.0 Å². The molecule has 25 heavy (non-hydrogen) atoms. The van der Waals surface area contributed by atoms with Crippen molar-refractivity contribution in [3.63, 3.8) is 0 Å². The largest absolute Gasteiger partial charge is 0.370 e. The van der Waals surface area contributed by atoms with Gasteiger partial charge in [0, 0.05) is 30.0 Å². The summed E-state index contributed by atoms with van der Waals surface area (Å²) < 4.78 is 0. The van der Waals surface area contributed by atoms with Crippen LogP contribution in [-0.2, 0) is 6.54 Å². The summed E-state index contributed by atoms with van der Waals surface area (Å²) >= 11 is 0. The van der Waals surface area contributed by atoms with E-state index < -0.39 is 0 Å². The van der Waals surface area contributed by atoms with Crippen LogP contribution < -0.4 is 16.0 Å². The molecule has 0 radical (unpaired) electrons. The van der Waals surface area contributed by atoms with Crippen molar-refractivity contribution in [3.8, 4) is 0 Å². The SMILES string of the molecule is Cc1ccc(CN=C(N)Nc2ccc(C)c(C)c2)c(N2CCCC2)n1. The molecular formula is C20H27N5. The smallest absolute Gasteiger partial charge is 0.193 e. The topological polar surface area (TPSA) is 66.5 Å². The van der Waals surface area contributed by atoms with Crippen molar-refractivity contribution in [1.29, 1.82) is 0 Å². The van der Waals surface area contributed by atoms with E-state index in [4.69, 9.17) is 10.7 Å². The van der Waals surface area contributed by atoms with Gasteiger partial charge in [-0.25, -0.2) is 9.98 Å². The lowest BCUT2D eigenvalue weighted by Gasteiger charge is -2.20. The minimum atomic E-state index is 0.427. The molecule has 0 bridgehead atoms. The standard InChI is InChI=1S/C20H27N5/c1-14-6-9-18(12-15(14)2)24-20(21)22-13-17-8-7-16(3)23-19(17)25-10-4-5-11-25/h6-9,12H,4-5,10-11,13H2,1-3H3,(H3,21,22,24). The van der Waals surface area contributed by atoms with Crippen LogP contribution in [0.5, 0.6) is 0 Å². The summed E-state index contributed by atoms with van der Waals surface area (Å²) in [7, 11) is 0. The molecule has 0 amide bonds. The van der Waals surface area contributed by atoms with Gasteiger partial charge in [-0.3, -0.25) is 0 Å². The average molecular weight is 337 g/mol. The van der Waals surface area contributed by atoms with E-state index in [0.717, 1.165) is 35.9 Å². The van der Waals surface area contributed by atoms with Crippen molar-refractivity contribution in [2.75, 3.05) is 23.3 Å². The number of aryl methyl sites for hydroxylation is 3. The predicted octanol–water partition coefficient (Wildman–Crippen LogP) is 3.53. The van der Waals surface area contributed by atoms with Crippen LogP contribution in [0, 0.1) is 20.8 Å². The van der Waals surface area contributed by atoms with Crippen LogP contribution in [0.15, 0.2) is 35.3 Å². The number of hydrogen-bond acceptors (Lipinski definition) is 3. The Morgan fingerprint density at radius 3 is 2.60 bits per heavy atom. The minimum Gasteiger partial charge on any atom is -0.370 e. The molecule has 1 aromatic carbocycles. The van der Waals surface area contributed by atoms with Gasteiger partial charge in [0.1, 0.15) is 5.82 Å². The number of rotatable bonds is 4. The van der Waals surface area contributed by atoms with E-state index in [9.17, 15) is 0 Å². The van der Waals surface area contributed by atoms with E-state index in [0.29, 0.717) is 12.5 Å². The second-order valence-electron chi connectivity index (χ2n) is 6.76. The summed E-state index contributed by atoms with van der Waals surface area (Å²) in [4.78, 5) is 11.6. The first kappa shape index (κ1) is 17.3. The Hall–Kier alpha value is -2.56. The first-order valence-corrected chi connectivity index (χ1v) is 8.88. The molecule has 0 unspecified atom stereocenters. The zero-order valence-corrected chi connectivity index (χ0v) is 15.3. The van der Waals surface area contributed by atoms with Crippen molar-refractivity contribution in [1.82, 2.24) is 4.98 Å². The maximum absolute atomic E-state index is 6.08. The number of pyridine rings is 1. The van der Waals surface area contributed by atoms with E-state index in [1.807, 2.05) is 19.1 Å². The van der Waals surface area contributed by atoms with E-state index >= 15 is 0 Å². The summed E-state index contributed by atoms with van der Waals surface area (Å²) in [6, 6.07) is 10.3. The summed E-state index contributed by atoms with van der Waals surface area (Å²) in [6.45, 7) is 8.90. The number of hydrogen-bond donors (Lipinski definition) is 2. The molecule has 1 aromatic heterocycles. The third kappa shape index (κ3) is 4.29. The molecule has 1 aliphatic heterocycles. The molecule has 5 heteroatoms. The van der Waals surface area contributed by atoms with E-state index in [2.05, 4.69) is 47.3 Å². The summed E-state index contributed by atoms with van der Waals surface area (Å²) in [5.74, 6) is 1.48. The molecule has 1 saturated heterocycles. The maximum atomic E-state index is 6.08. The minimum absolute atomic E-state index is 0.427. The van der Waals surface area contributed by atoms with E-state index in [-0.39, 0.29) is 0 Å². The second kappa shape index (κ2) is 7.55. The average Bonchev–Trinajstić information content (AvgIpc) is 3.11. The molecule has 5 nitrogen and oxygen atoms in total. The fraction of sp³-hybridized carbons (Fsp3) is 0.400. The van der Waals surface area contributed by atoms with Gasteiger partial charge in [-0.1, -0.05) is 12.1 Å². The van der Waals surface area contributed by atoms with Gasteiger partial charge in [-0.15, -0.1) is 0 Å². The van der Waals surface area contributed by atoms with Crippen LogP contribution in [0.1, 0.15) is 35.2 Å². The number of nitrogens with zero attached hydrogens (tertiary/aromatic N) is 3. The number of guanidine groups is 1. The summed E-state index contributed by atoms with van der Waals surface area (Å²) in [5.41, 5.74) is 11.7. The quantitative estimate of drug-likeness (QED) is 0.661. The maximum Gasteiger partial charge on any atom is 0.193 e. The van der Waals surface area contributed by atoms with Crippen LogP contribution in [0.25, 0.3) is 0 Å². The van der Waals surface area contributed by atoms with Gasteiger partial charge >= 0.3 is 0 Å². The number of nitrogens with two attached hydrogens (primary N) is 1. The molecule has 0 aliphatic carbocycles. The number of aromatic nitrogens is 1. The van der Waals surface area contributed by atoms with Gasteiger partial charge in [0.15, 0.2) is 5.96 Å². The monoisotopic (exact) mass is 337 g/mol. The highest BCUT2D eigenvalue weighted by Crippen LogP contribution is 2.23. The van der Waals surface area contributed by atoms with Crippen LogP contribution in [0.4, 0.5) is 11.5 Å². The fourth-order valence-corrected chi connectivity index (χ4v) is 3.07. The van der Waals surface area contributed by atoms with Crippen molar-refractivity contribution in [2.45, 2.75) is 40.2 Å². The lowest BCUT2D eigenvalue weighted by Crippen LogP contribution is -2.23. The Labute approximate surface area is 150 Å². The van der Waals surface area contributed by atoms with Gasteiger partial charge < -0.3 is 16.0 Å². The number of nitrogens with one attached hydrogen (secondary N) is 1. The Balaban J connectivity index is 1.73. The molecule has 2 heterocycles. The number of anilines is 2. The Bertz CT molecular complexity index is 776. The van der Waals surface area contributed by atoms with E-state index in [1.165, 1.54) is 24.0 Å². The first-order valence-electron chi connectivity index (χ1n) is 8.88. The number of benzene rings is 1. The zero-order valence-electron chi connectivity index (χ0n) is 15.3. The third-order valence-corrected chi connectivity index (χ3v) is 4.70. The van der Waals surface area contributed by atoms with Gasteiger partial charge in [0.25, 0.3) is 0 Å². The highest BCUT2D eigenvalue weighted by molar-refractivity contribution is 5.92. The second-order valence-corrected chi connectivity index (χ2v) is 6.76. The fourth-order valence-electron chi connectivity index (χ4n) is 3.07. The molecule has 0 saturated carbocycles. The van der Waals surface area contributed by atoms with Crippen LogP contribution >= 0.6 is 0 Å². The number of aliphatic imine (C=N–C) groups is 1. The first-order chi connectivity index (χ1) is 12.0. The molecule has 3 rings (SSSR count). The lowest BCUT2D eigenvalue weighted by molar-refractivity contribution is 0.898. The molecule has 0 atom stereocenters. The third-order valence-electron chi connectivity index (χ3n) is 4.70. The van der Waals surface area contributed by atoms with E-state index in [1.54, 1.807) is 0 Å². The molecule has 132 valence electrons. The predicted molar refractivity (Wildman–Crippen MR) is 105 cm³/mol. The normalized spacial score (nSPS) is 14.8. The van der Waals surface area contributed by atoms with Crippen molar-refractivity contribution in [3.05, 3.63) is 52.7 Å². The van der Waals surface area contributed by atoms with Gasteiger partial charge in [-0.2, -0.15) is 0 Å². The van der Waals surface area contributed by atoms with Gasteiger partial charge in [0.05, 0.1) is 6.54 Å². The van der Waals surface area contributed by atoms with Crippen molar-refractivity contribution in [2.24, 2.45) is 10.7 Å². The van der Waals surface area contributed by atoms with Gasteiger partial charge in [-0.05, 0) is 62.9 Å². The highest BCUT2D eigenvalue weighted by atomic mass is 15.2. The Morgan fingerprint density at radius 1 is 1.12 bits per heavy atom. The zero-order chi connectivity index (χ0) is 17.8. The molecule has 1 aliphatic rings. The highest BCUT2D eigenvalue weighted by Gasteiger charge is 2.17. The van der Waals surface area contributed by atoms with Crippen molar-refractivity contribution < 1.29 is 0 Å². The lowest BCUT2D eigenvalue weighted by atomic mass is 10.1. The molecular weight excluding hydrogens is 310 g/mol. The molecule has 3 N–H and O–H groups in total. The Morgan fingerprint density at radius 2 is 1.88 bits per heavy atom. The molecule has 2 aromatic rings. The molecule has 0 spiro atoms.